The molecular formula is C13H22N4O3. The smallest absolute Gasteiger partial charge is 0.322 e. The van der Waals surface area contributed by atoms with Crippen LogP contribution in [0.25, 0.3) is 0 Å². The fraction of sp³-hybridized carbons (Fsp3) is 0.769. The number of piperidine rings is 1. The predicted octanol–water partition coefficient (Wildman–Crippen LogP) is -0.582. The van der Waals surface area contributed by atoms with E-state index >= 15 is 0 Å². The van der Waals surface area contributed by atoms with E-state index in [9.17, 15) is 14.4 Å². The molecule has 20 heavy (non-hydrogen) atoms. The fourth-order valence-electron chi connectivity index (χ4n) is 2.88. The van der Waals surface area contributed by atoms with Gasteiger partial charge in [0.15, 0.2) is 0 Å². The number of nitrogens with two attached hydrogens (primary N) is 1. The van der Waals surface area contributed by atoms with Gasteiger partial charge in [0.25, 0.3) is 5.91 Å². The quantitative estimate of drug-likeness (QED) is 0.602. The van der Waals surface area contributed by atoms with E-state index in [1.54, 1.807) is 4.90 Å². The molecule has 1 atom stereocenters. The van der Waals surface area contributed by atoms with E-state index in [1.165, 1.54) is 0 Å². The molecule has 7 nitrogen and oxygen atoms in total. The summed E-state index contributed by atoms with van der Waals surface area (Å²) in [5, 5.41) is 4.94. The molecule has 0 aliphatic carbocycles. The van der Waals surface area contributed by atoms with E-state index in [0.717, 1.165) is 0 Å². The molecule has 2 aliphatic heterocycles. The normalized spacial score (nSPS) is 22.9. The lowest BCUT2D eigenvalue weighted by molar-refractivity contribution is -0.140. The summed E-state index contributed by atoms with van der Waals surface area (Å²) in [6.45, 7) is 5.22. The summed E-state index contributed by atoms with van der Waals surface area (Å²) in [6, 6.07) is -0.447. The van der Waals surface area contributed by atoms with Gasteiger partial charge in [0.1, 0.15) is 5.54 Å². The maximum Gasteiger partial charge on any atom is 0.322 e. The van der Waals surface area contributed by atoms with Crippen molar-refractivity contribution in [3.05, 3.63) is 0 Å². The van der Waals surface area contributed by atoms with Crippen molar-refractivity contribution in [1.82, 2.24) is 15.5 Å². The Kier molecular flexibility index (Phi) is 3.99. The van der Waals surface area contributed by atoms with E-state index in [4.69, 9.17) is 5.73 Å². The number of carbonyl (C=O) groups is 3. The molecule has 1 unspecified atom stereocenters. The third kappa shape index (κ3) is 2.49. The summed E-state index contributed by atoms with van der Waals surface area (Å²) in [6.07, 6.45) is 0.900. The summed E-state index contributed by atoms with van der Waals surface area (Å²) in [5.41, 5.74) is 4.84. The van der Waals surface area contributed by atoms with Crippen molar-refractivity contribution in [2.45, 2.75) is 32.2 Å². The predicted molar refractivity (Wildman–Crippen MR) is 72.6 cm³/mol. The Morgan fingerprint density at radius 1 is 1.35 bits per heavy atom. The van der Waals surface area contributed by atoms with Crippen LogP contribution in [-0.2, 0) is 9.59 Å². The third-order valence-corrected chi connectivity index (χ3v) is 4.32. The number of urea groups is 1. The monoisotopic (exact) mass is 282 g/mol. The van der Waals surface area contributed by atoms with Crippen molar-refractivity contribution < 1.29 is 14.4 Å². The molecule has 0 bridgehead atoms. The highest BCUT2D eigenvalue weighted by molar-refractivity contribution is 6.07. The first-order valence-corrected chi connectivity index (χ1v) is 7.02. The number of hydrogen-bond acceptors (Lipinski definition) is 4. The molecule has 0 aromatic carbocycles. The number of imide groups is 1. The summed E-state index contributed by atoms with van der Waals surface area (Å²) < 4.78 is 0. The largest absolute Gasteiger partial charge is 0.342 e. The van der Waals surface area contributed by atoms with Crippen LogP contribution in [0.1, 0.15) is 26.7 Å². The van der Waals surface area contributed by atoms with Crippen molar-refractivity contribution >= 4 is 17.8 Å². The minimum Gasteiger partial charge on any atom is -0.342 e. The first-order valence-electron chi connectivity index (χ1n) is 7.02. The van der Waals surface area contributed by atoms with Crippen LogP contribution in [0.2, 0.25) is 0 Å². The molecule has 2 aliphatic rings. The molecule has 2 fully saturated rings. The highest BCUT2D eigenvalue weighted by Gasteiger charge is 2.48. The van der Waals surface area contributed by atoms with Gasteiger partial charge in [0.2, 0.25) is 5.91 Å². The highest BCUT2D eigenvalue weighted by atomic mass is 16.2. The van der Waals surface area contributed by atoms with Crippen molar-refractivity contribution in [3.63, 3.8) is 0 Å². The van der Waals surface area contributed by atoms with Gasteiger partial charge in [-0.1, -0.05) is 13.8 Å². The van der Waals surface area contributed by atoms with Crippen LogP contribution in [0.3, 0.4) is 0 Å². The van der Waals surface area contributed by atoms with E-state index in [-0.39, 0.29) is 23.7 Å². The number of hydrogen-bond donors (Lipinski definition) is 3. The molecule has 0 saturated carbocycles. The second-order valence-electron chi connectivity index (χ2n) is 5.90. The minimum absolute atomic E-state index is 0.0436. The molecule has 0 radical (unpaired) electrons. The molecular weight excluding hydrogens is 260 g/mol. The SMILES string of the molecule is CC(C)C(CN)C(=O)N1CCC2(CC1)NC(=O)NC2=O. The molecule has 2 rings (SSSR count). The second-order valence-corrected chi connectivity index (χ2v) is 5.90. The summed E-state index contributed by atoms with van der Waals surface area (Å²) in [5.74, 6) is -0.232. The number of likely N-dealkylation sites (tertiary alicyclic amines) is 1. The average molecular weight is 282 g/mol. The molecule has 0 aromatic heterocycles. The highest BCUT2D eigenvalue weighted by Crippen LogP contribution is 2.27. The lowest BCUT2D eigenvalue weighted by Crippen LogP contribution is -2.57. The first-order chi connectivity index (χ1) is 9.39. The zero-order valence-electron chi connectivity index (χ0n) is 11.9. The van der Waals surface area contributed by atoms with Crippen LogP contribution in [0.5, 0.6) is 0 Å². The topological polar surface area (TPSA) is 105 Å². The number of nitrogens with one attached hydrogen (secondary N) is 2. The van der Waals surface area contributed by atoms with Crippen LogP contribution in [0.4, 0.5) is 4.79 Å². The second kappa shape index (κ2) is 5.40. The summed E-state index contributed by atoms with van der Waals surface area (Å²) in [7, 11) is 0. The van der Waals surface area contributed by atoms with Crippen molar-refractivity contribution in [1.29, 1.82) is 0 Å². The van der Waals surface area contributed by atoms with E-state index in [2.05, 4.69) is 10.6 Å². The van der Waals surface area contributed by atoms with Gasteiger partial charge in [-0.25, -0.2) is 4.79 Å². The average Bonchev–Trinajstić information content (AvgIpc) is 2.65. The van der Waals surface area contributed by atoms with Gasteiger partial charge < -0.3 is 16.0 Å². The van der Waals surface area contributed by atoms with Crippen LogP contribution in [-0.4, -0.2) is 47.9 Å². The molecule has 7 heteroatoms. The molecule has 2 saturated heterocycles. The maximum absolute atomic E-state index is 12.4. The standard InChI is InChI=1S/C13H22N4O3/c1-8(2)9(7-14)10(18)17-5-3-13(4-6-17)11(19)15-12(20)16-13/h8-9H,3-7,14H2,1-2H3,(H2,15,16,19,20). The third-order valence-electron chi connectivity index (χ3n) is 4.32. The summed E-state index contributed by atoms with van der Waals surface area (Å²) in [4.78, 5) is 37.2. The van der Waals surface area contributed by atoms with Crippen molar-refractivity contribution in [3.8, 4) is 0 Å². The van der Waals surface area contributed by atoms with Crippen LogP contribution >= 0.6 is 0 Å². The van der Waals surface area contributed by atoms with Crippen molar-refractivity contribution in [2.24, 2.45) is 17.6 Å². The Hall–Kier alpha value is -1.63. The maximum atomic E-state index is 12.4. The molecule has 0 aromatic rings. The molecule has 112 valence electrons. The first kappa shape index (κ1) is 14.8. The van der Waals surface area contributed by atoms with E-state index in [1.807, 2.05) is 13.8 Å². The van der Waals surface area contributed by atoms with Gasteiger partial charge in [-0.2, -0.15) is 0 Å². The Bertz CT molecular complexity index is 427. The Balaban J connectivity index is 1.99. The molecule has 1 spiro atoms. The number of amides is 4. The van der Waals surface area contributed by atoms with Gasteiger partial charge in [-0.3, -0.25) is 14.9 Å². The zero-order chi connectivity index (χ0) is 14.9. The number of nitrogens with zero attached hydrogens (tertiary/aromatic N) is 1. The molecule has 4 amide bonds. The van der Waals surface area contributed by atoms with Crippen LogP contribution < -0.4 is 16.4 Å². The van der Waals surface area contributed by atoms with Crippen LogP contribution in [0.15, 0.2) is 0 Å². The van der Waals surface area contributed by atoms with Gasteiger partial charge in [-0.15, -0.1) is 0 Å². The lowest BCUT2D eigenvalue weighted by Gasteiger charge is -2.38. The van der Waals surface area contributed by atoms with E-state index in [0.29, 0.717) is 32.5 Å². The Morgan fingerprint density at radius 3 is 2.35 bits per heavy atom. The Morgan fingerprint density at radius 2 is 1.95 bits per heavy atom. The molecule has 4 N–H and O–H groups in total. The number of rotatable bonds is 3. The van der Waals surface area contributed by atoms with Gasteiger partial charge in [0.05, 0.1) is 5.92 Å². The van der Waals surface area contributed by atoms with Crippen LogP contribution in [0, 0.1) is 11.8 Å². The van der Waals surface area contributed by atoms with Crippen molar-refractivity contribution in [2.75, 3.05) is 19.6 Å². The summed E-state index contributed by atoms with van der Waals surface area (Å²) >= 11 is 0. The minimum atomic E-state index is -0.829. The van der Waals surface area contributed by atoms with E-state index < -0.39 is 11.6 Å². The van der Waals surface area contributed by atoms with Gasteiger partial charge in [-0.05, 0) is 18.8 Å². The Labute approximate surface area is 118 Å². The lowest BCUT2D eigenvalue weighted by atomic mass is 9.86. The zero-order valence-corrected chi connectivity index (χ0v) is 11.9. The van der Waals surface area contributed by atoms with Gasteiger partial charge >= 0.3 is 6.03 Å². The molecule has 2 heterocycles. The fourth-order valence-corrected chi connectivity index (χ4v) is 2.88. The van der Waals surface area contributed by atoms with Gasteiger partial charge in [0, 0.05) is 19.6 Å². The number of carbonyl (C=O) groups excluding carboxylic acids is 3.